The Hall–Kier alpha value is -0.100. The molecule has 0 N–H and O–H groups in total. The Balaban J connectivity index is 2.58. The first kappa shape index (κ1) is 15.0. The van der Waals surface area contributed by atoms with Gasteiger partial charge in [-0.1, -0.05) is 27.5 Å². The molecule has 0 aromatic carbocycles. The zero-order chi connectivity index (χ0) is 13.0. The number of ether oxygens (including phenoxy) is 1. The number of nitrogens with zero attached hydrogens (tertiary/aromatic N) is 3. The zero-order valence-corrected chi connectivity index (χ0v) is 13.0. The number of alkyl halides is 1. The molecule has 1 unspecified atom stereocenters. The van der Waals surface area contributed by atoms with E-state index in [4.69, 9.17) is 16.3 Å². The molecule has 0 radical (unpaired) electrons. The maximum Gasteiger partial charge on any atom is 0.0860 e. The van der Waals surface area contributed by atoms with E-state index in [1.165, 1.54) is 0 Å². The highest BCUT2D eigenvalue weighted by molar-refractivity contribution is 9.09. The number of aryl methyl sites for hydroxylation is 2. The van der Waals surface area contributed by atoms with Crippen molar-refractivity contribution in [2.45, 2.75) is 18.3 Å². The van der Waals surface area contributed by atoms with Crippen LogP contribution in [0.3, 0.4) is 0 Å². The molecule has 1 aromatic rings. The molecule has 6 heteroatoms. The second-order valence-electron chi connectivity index (χ2n) is 4.22. The molecular formula is C11H19BrClN3O. The van der Waals surface area contributed by atoms with Crippen LogP contribution < -0.4 is 0 Å². The van der Waals surface area contributed by atoms with Crippen LogP contribution in [0.2, 0.25) is 5.02 Å². The first-order chi connectivity index (χ1) is 7.95. The van der Waals surface area contributed by atoms with E-state index in [0.717, 1.165) is 29.5 Å². The first-order valence-electron chi connectivity index (χ1n) is 5.45. The van der Waals surface area contributed by atoms with Crippen molar-refractivity contribution in [2.24, 2.45) is 7.05 Å². The maximum atomic E-state index is 6.21. The van der Waals surface area contributed by atoms with Crippen LogP contribution in [-0.4, -0.2) is 46.8 Å². The molecule has 0 fully saturated rings. The van der Waals surface area contributed by atoms with E-state index < -0.39 is 0 Å². The lowest BCUT2D eigenvalue weighted by molar-refractivity contribution is 0.184. The minimum atomic E-state index is 0.325. The highest BCUT2D eigenvalue weighted by atomic mass is 79.9. The zero-order valence-electron chi connectivity index (χ0n) is 10.7. The van der Waals surface area contributed by atoms with Crippen molar-refractivity contribution in [3.05, 3.63) is 16.4 Å². The van der Waals surface area contributed by atoms with Gasteiger partial charge in [-0.15, -0.1) is 0 Å². The largest absolute Gasteiger partial charge is 0.383 e. The fourth-order valence-corrected chi connectivity index (χ4v) is 2.72. The minimum Gasteiger partial charge on any atom is -0.383 e. The molecule has 0 aliphatic rings. The quantitative estimate of drug-likeness (QED) is 0.752. The molecule has 0 saturated heterocycles. The normalized spacial score (nSPS) is 13.4. The van der Waals surface area contributed by atoms with Crippen molar-refractivity contribution >= 4 is 27.5 Å². The molecule has 0 amide bonds. The Bertz CT molecular complexity index is 370. The van der Waals surface area contributed by atoms with Gasteiger partial charge in [0.1, 0.15) is 0 Å². The van der Waals surface area contributed by atoms with Gasteiger partial charge >= 0.3 is 0 Å². The van der Waals surface area contributed by atoms with Gasteiger partial charge < -0.3 is 4.74 Å². The minimum absolute atomic E-state index is 0.325. The lowest BCUT2D eigenvalue weighted by Crippen LogP contribution is -2.28. The average molecular weight is 325 g/mol. The van der Waals surface area contributed by atoms with Gasteiger partial charge in [0.2, 0.25) is 0 Å². The highest BCUT2D eigenvalue weighted by Gasteiger charge is 2.14. The van der Waals surface area contributed by atoms with Crippen molar-refractivity contribution in [1.29, 1.82) is 0 Å². The van der Waals surface area contributed by atoms with Crippen molar-refractivity contribution in [1.82, 2.24) is 14.7 Å². The molecular weight excluding hydrogens is 305 g/mol. The summed E-state index contributed by atoms with van der Waals surface area (Å²) in [5, 5.41) is 5.06. The average Bonchev–Trinajstić information content (AvgIpc) is 2.45. The number of rotatable bonds is 6. The number of aromatic nitrogens is 2. The van der Waals surface area contributed by atoms with Crippen LogP contribution in [0, 0.1) is 6.92 Å². The van der Waals surface area contributed by atoms with Gasteiger partial charge in [-0.2, -0.15) is 5.10 Å². The third-order valence-corrected chi connectivity index (χ3v) is 3.58. The van der Waals surface area contributed by atoms with Gasteiger partial charge in [0.05, 0.1) is 27.8 Å². The topological polar surface area (TPSA) is 30.3 Å². The second kappa shape index (κ2) is 6.73. The van der Waals surface area contributed by atoms with Gasteiger partial charge in [-0.05, 0) is 14.0 Å². The van der Waals surface area contributed by atoms with E-state index in [1.807, 2.05) is 18.7 Å². The van der Waals surface area contributed by atoms with Crippen LogP contribution >= 0.6 is 27.5 Å². The van der Waals surface area contributed by atoms with Crippen LogP contribution in [-0.2, 0) is 18.3 Å². The maximum absolute atomic E-state index is 6.21. The van der Waals surface area contributed by atoms with Crippen LogP contribution in [0.5, 0.6) is 0 Å². The molecule has 1 heterocycles. The van der Waals surface area contributed by atoms with Crippen molar-refractivity contribution < 1.29 is 4.74 Å². The van der Waals surface area contributed by atoms with Crippen molar-refractivity contribution in [3.63, 3.8) is 0 Å². The van der Waals surface area contributed by atoms with Gasteiger partial charge in [-0.25, -0.2) is 0 Å². The molecule has 1 aromatic heterocycles. The fraction of sp³-hybridized carbons (Fsp3) is 0.727. The number of methoxy groups -OCH3 is 1. The molecule has 1 atom stereocenters. The smallest absolute Gasteiger partial charge is 0.0860 e. The predicted octanol–water partition coefficient (Wildman–Crippen LogP) is 2.22. The van der Waals surface area contributed by atoms with E-state index >= 15 is 0 Å². The number of hydrogen-bond acceptors (Lipinski definition) is 3. The summed E-state index contributed by atoms with van der Waals surface area (Å²) in [6.45, 7) is 4.29. The molecule has 98 valence electrons. The van der Waals surface area contributed by atoms with Gasteiger partial charge in [0.15, 0.2) is 0 Å². The molecule has 0 saturated carbocycles. The van der Waals surface area contributed by atoms with Crippen LogP contribution in [0.25, 0.3) is 0 Å². The summed E-state index contributed by atoms with van der Waals surface area (Å²) in [5.41, 5.74) is 1.92. The summed E-state index contributed by atoms with van der Waals surface area (Å²) in [4.78, 5) is 2.52. The standard InChI is InChI=1S/C11H19BrClN3O/c1-8-11(13)10(16(3)14-8)6-15(2)5-9(12)7-17-4/h9H,5-7H2,1-4H3. The van der Waals surface area contributed by atoms with E-state index in [0.29, 0.717) is 11.4 Å². The molecule has 0 aliphatic heterocycles. The predicted molar refractivity (Wildman–Crippen MR) is 73.9 cm³/mol. The summed E-state index contributed by atoms with van der Waals surface area (Å²) in [6, 6.07) is 0. The Labute approximate surface area is 116 Å². The SMILES string of the molecule is COCC(Br)CN(C)Cc1c(Cl)c(C)nn1C. The summed E-state index contributed by atoms with van der Waals surface area (Å²) in [6.07, 6.45) is 0. The summed E-state index contributed by atoms with van der Waals surface area (Å²) in [5.74, 6) is 0. The molecule has 1 rings (SSSR count). The van der Waals surface area contributed by atoms with Crippen LogP contribution in [0.15, 0.2) is 0 Å². The van der Waals surface area contributed by atoms with Gasteiger partial charge in [0.25, 0.3) is 0 Å². The summed E-state index contributed by atoms with van der Waals surface area (Å²) >= 11 is 9.78. The van der Waals surface area contributed by atoms with Gasteiger partial charge in [-0.3, -0.25) is 9.58 Å². The first-order valence-corrected chi connectivity index (χ1v) is 6.74. The van der Waals surface area contributed by atoms with E-state index in [-0.39, 0.29) is 0 Å². The molecule has 4 nitrogen and oxygen atoms in total. The second-order valence-corrected chi connectivity index (χ2v) is 5.89. The Morgan fingerprint density at radius 1 is 1.59 bits per heavy atom. The van der Waals surface area contributed by atoms with Crippen LogP contribution in [0.1, 0.15) is 11.4 Å². The Morgan fingerprint density at radius 3 is 2.71 bits per heavy atom. The third-order valence-electron chi connectivity index (χ3n) is 2.54. The van der Waals surface area contributed by atoms with Crippen molar-refractivity contribution in [2.75, 3.05) is 27.3 Å². The fourth-order valence-electron chi connectivity index (χ4n) is 1.74. The molecule has 0 bridgehead atoms. The van der Waals surface area contributed by atoms with Gasteiger partial charge in [0, 0.05) is 27.2 Å². The van der Waals surface area contributed by atoms with E-state index in [9.17, 15) is 0 Å². The summed E-state index contributed by atoms with van der Waals surface area (Å²) in [7, 11) is 5.68. The highest BCUT2D eigenvalue weighted by Crippen LogP contribution is 2.20. The Kier molecular flexibility index (Phi) is 5.92. The number of halogens is 2. The van der Waals surface area contributed by atoms with E-state index in [2.05, 4.69) is 33.0 Å². The van der Waals surface area contributed by atoms with E-state index in [1.54, 1.807) is 7.11 Å². The lowest BCUT2D eigenvalue weighted by Gasteiger charge is -2.20. The van der Waals surface area contributed by atoms with Crippen molar-refractivity contribution in [3.8, 4) is 0 Å². The molecule has 0 spiro atoms. The summed E-state index contributed by atoms with van der Waals surface area (Å²) < 4.78 is 6.93. The molecule has 0 aliphatic carbocycles. The number of hydrogen-bond donors (Lipinski definition) is 0. The monoisotopic (exact) mass is 323 g/mol. The Morgan fingerprint density at radius 2 is 2.24 bits per heavy atom. The third kappa shape index (κ3) is 4.25. The lowest BCUT2D eigenvalue weighted by atomic mass is 10.3. The molecule has 17 heavy (non-hydrogen) atoms. The van der Waals surface area contributed by atoms with Crippen LogP contribution in [0.4, 0.5) is 0 Å².